The van der Waals surface area contributed by atoms with Gasteiger partial charge in [0.05, 0.1) is 0 Å². The quantitative estimate of drug-likeness (QED) is 0.820. The predicted octanol–water partition coefficient (Wildman–Crippen LogP) is 1.66. The maximum absolute atomic E-state index is 11.7. The van der Waals surface area contributed by atoms with Gasteiger partial charge < -0.3 is 9.67 Å². The third-order valence-electron chi connectivity index (χ3n) is 2.36. The van der Waals surface area contributed by atoms with E-state index >= 15 is 0 Å². The van der Waals surface area contributed by atoms with Crippen molar-refractivity contribution in [2.75, 3.05) is 0 Å². The van der Waals surface area contributed by atoms with Crippen LogP contribution in [0, 0.1) is 6.92 Å². The molecular formula is C11H15NO3. The fourth-order valence-electron chi connectivity index (χ4n) is 1.43. The molecule has 0 saturated heterocycles. The summed E-state index contributed by atoms with van der Waals surface area (Å²) in [4.78, 5) is 22.5. The van der Waals surface area contributed by atoms with Crippen LogP contribution in [-0.2, 0) is 6.54 Å². The van der Waals surface area contributed by atoms with Gasteiger partial charge in [-0.2, -0.15) is 0 Å². The second-order valence-electron chi connectivity index (χ2n) is 3.50. The van der Waals surface area contributed by atoms with Crippen molar-refractivity contribution in [2.45, 2.75) is 33.2 Å². The average Bonchev–Trinajstić information content (AvgIpc) is 2.17. The summed E-state index contributed by atoms with van der Waals surface area (Å²) in [6, 6.07) is 3.03. The van der Waals surface area contributed by atoms with Crippen LogP contribution in [0.25, 0.3) is 0 Å². The molecule has 0 aliphatic heterocycles. The number of nitrogens with zero attached hydrogens (tertiary/aromatic N) is 1. The van der Waals surface area contributed by atoms with Crippen LogP contribution in [0.3, 0.4) is 0 Å². The van der Waals surface area contributed by atoms with Crippen LogP contribution >= 0.6 is 0 Å². The highest BCUT2D eigenvalue weighted by Crippen LogP contribution is 2.01. The first-order valence-corrected chi connectivity index (χ1v) is 5.01. The zero-order chi connectivity index (χ0) is 11.4. The molecular weight excluding hydrogens is 194 g/mol. The zero-order valence-electron chi connectivity index (χ0n) is 8.99. The van der Waals surface area contributed by atoms with Gasteiger partial charge in [0.25, 0.3) is 5.56 Å². The first-order chi connectivity index (χ1) is 7.07. The predicted molar refractivity (Wildman–Crippen MR) is 57.3 cm³/mol. The smallest absolute Gasteiger partial charge is 0.341 e. The second kappa shape index (κ2) is 4.77. The van der Waals surface area contributed by atoms with Crippen molar-refractivity contribution in [1.82, 2.24) is 4.57 Å². The van der Waals surface area contributed by atoms with E-state index < -0.39 is 11.5 Å². The first-order valence-electron chi connectivity index (χ1n) is 5.01. The van der Waals surface area contributed by atoms with Gasteiger partial charge in [0.2, 0.25) is 0 Å². The van der Waals surface area contributed by atoms with Crippen molar-refractivity contribution in [1.29, 1.82) is 0 Å². The number of hydrogen-bond acceptors (Lipinski definition) is 2. The van der Waals surface area contributed by atoms with Crippen molar-refractivity contribution in [3.8, 4) is 0 Å². The van der Waals surface area contributed by atoms with E-state index in [2.05, 4.69) is 0 Å². The Balaban J connectivity index is 3.18. The zero-order valence-corrected chi connectivity index (χ0v) is 8.99. The van der Waals surface area contributed by atoms with Crippen LogP contribution in [0.2, 0.25) is 0 Å². The summed E-state index contributed by atoms with van der Waals surface area (Å²) in [5.41, 5.74) is 0.242. The Morgan fingerprint density at radius 2 is 2.13 bits per heavy atom. The maximum Gasteiger partial charge on any atom is 0.341 e. The first kappa shape index (κ1) is 11.5. The molecule has 1 aromatic rings. The third-order valence-corrected chi connectivity index (χ3v) is 2.36. The molecule has 4 nitrogen and oxygen atoms in total. The molecule has 0 atom stereocenters. The maximum atomic E-state index is 11.7. The number of hydrogen-bond donors (Lipinski definition) is 1. The largest absolute Gasteiger partial charge is 0.477 e. The van der Waals surface area contributed by atoms with E-state index in [1.807, 2.05) is 13.8 Å². The number of carboxylic acid groups (broad SMARTS) is 1. The Morgan fingerprint density at radius 1 is 1.47 bits per heavy atom. The molecule has 4 heteroatoms. The molecule has 0 radical (unpaired) electrons. The van der Waals surface area contributed by atoms with E-state index in [-0.39, 0.29) is 5.56 Å². The molecule has 82 valence electrons. The fourth-order valence-corrected chi connectivity index (χ4v) is 1.43. The van der Waals surface area contributed by atoms with Crippen LogP contribution < -0.4 is 5.56 Å². The lowest BCUT2D eigenvalue weighted by Crippen LogP contribution is -2.27. The van der Waals surface area contributed by atoms with Crippen LogP contribution in [0.5, 0.6) is 0 Å². The Labute approximate surface area is 88.2 Å². The highest BCUT2D eigenvalue weighted by Gasteiger charge is 2.11. The summed E-state index contributed by atoms with van der Waals surface area (Å²) in [6.07, 6.45) is 1.85. The Kier molecular flexibility index (Phi) is 3.66. The molecule has 0 bridgehead atoms. The molecule has 0 unspecified atom stereocenters. The molecule has 1 N–H and O–H groups in total. The van der Waals surface area contributed by atoms with Gasteiger partial charge >= 0.3 is 5.97 Å². The van der Waals surface area contributed by atoms with E-state index in [4.69, 9.17) is 5.11 Å². The van der Waals surface area contributed by atoms with E-state index in [9.17, 15) is 9.59 Å². The number of carboxylic acids is 1. The summed E-state index contributed by atoms with van der Waals surface area (Å²) in [6.45, 7) is 4.42. The van der Waals surface area contributed by atoms with E-state index in [1.54, 1.807) is 6.07 Å². The van der Waals surface area contributed by atoms with Crippen molar-refractivity contribution < 1.29 is 9.90 Å². The minimum Gasteiger partial charge on any atom is -0.477 e. The monoisotopic (exact) mass is 209 g/mol. The minimum absolute atomic E-state index is 0.156. The molecule has 0 saturated carbocycles. The van der Waals surface area contributed by atoms with Crippen molar-refractivity contribution in [3.05, 3.63) is 33.7 Å². The molecule has 1 rings (SSSR count). The van der Waals surface area contributed by atoms with Gasteiger partial charge in [0, 0.05) is 12.2 Å². The van der Waals surface area contributed by atoms with Gasteiger partial charge in [-0.3, -0.25) is 4.79 Å². The highest BCUT2D eigenvalue weighted by atomic mass is 16.4. The fraction of sp³-hybridized carbons (Fsp3) is 0.455. The average molecular weight is 209 g/mol. The summed E-state index contributed by atoms with van der Waals surface area (Å²) < 4.78 is 1.52. The number of unbranched alkanes of at least 4 members (excludes halogenated alkanes) is 1. The summed E-state index contributed by atoms with van der Waals surface area (Å²) in [5.74, 6) is -1.16. The lowest BCUT2D eigenvalue weighted by atomic mass is 10.2. The molecule has 0 spiro atoms. The molecule has 1 heterocycles. The van der Waals surface area contributed by atoms with Crippen LogP contribution in [-0.4, -0.2) is 15.6 Å². The van der Waals surface area contributed by atoms with E-state index in [0.29, 0.717) is 6.54 Å². The van der Waals surface area contributed by atoms with Crippen LogP contribution in [0.4, 0.5) is 0 Å². The van der Waals surface area contributed by atoms with Crippen molar-refractivity contribution in [3.63, 3.8) is 0 Å². The van der Waals surface area contributed by atoms with Gasteiger partial charge in [-0.05, 0) is 25.5 Å². The highest BCUT2D eigenvalue weighted by molar-refractivity contribution is 5.87. The molecule has 0 aliphatic rings. The number of aromatic carboxylic acids is 1. The molecule has 0 fully saturated rings. The number of aromatic nitrogens is 1. The Hall–Kier alpha value is -1.58. The van der Waals surface area contributed by atoms with E-state index in [0.717, 1.165) is 18.5 Å². The van der Waals surface area contributed by atoms with Crippen molar-refractivity contribution >= 4 is 5.97 Å². The van der Waals surface area contributed by atoms with Gasteiger partial charge in [-0.15, -0.1) is 0 Å². The minimum atomic E-state index is -1.16. The summed E-state index contributed by atoms with van der Waals surface area (Å²) >= 11 is 0. The Morgan fingerprint density at radius 3 is 2.67 bits per heavy atom. The lowest BCUT2D eigenvalue weighted by Gasteiger charge is -2.09. The van der Waals surface area contributed by atoms with Gasteiger partial charge in [0.1, 0.15) is 5.56 Å². The molecule has 0 amide bonds. The summed E-state index contributed by atoms with van der Waals surface area (Å²) in [7, 11) is 0. The van der Waals surface area contributed by atoms with E-state index in [1.165, 1.54) is 10.6 Å². The third kappa shape index (κ3) is 2.46. The number of rotatable bonds is 4. The lowest BCUT2D eigenvalue weighted by molar-refractivity contribution is 0.0694. The summed E-state index contributed by atoms with van der Waals surface area (Å²) in [5, 5.41) is 8.79. The molecule has 1 aromatic heterocycles. The Bertz CT molecular complexity index is 420. The second-order valence-corrected chi connectivity index (χ2v) is 3.50. The normalized spacial score (nSPS) is 10.3. The van der Waals surface area contributed by atoms with Gasteiger partial charge in [0.15, 0.2) is 0 Å². The standard InChI is InChI=1S/C11H15NO3/c1-3-4-7-12-8(2)5-6-9(10(12)13)11(14)15/h5-6H,3-4,7H2,1-2H3,(H,14,15). The van der Waals surface area contributed by atoms with Crippen LogP contribution in [0.15, 0.2) is 16.9 Å². The number of aryl methyl sites for hydroxylation is 1. The SMILES string of the molecule is CCCCn1c(C)ccc(C(=O)O)c1=O. The van der Waals surface area contributed by atoms with Crippen molar-refractivity contribution in [2.24, 2.45) is 0 Å². The number of pyridine rings is 1. The van der Waals surface area contributed by atoms with Gasteiger partial charge in [-0.25, -0.2) is 4.79 Å². The topological polar surface area (TPSA) is 59.3 Å². The molecule has 0 aromatic carbocycles. The number of carbonyl (C=O) groups is 1. The van der Waals surface area contributed by atoms with Gasteiger partial charge in [-0.1, -0.05) is 13.3 Å². The molecule has 15 heavy (non-hydrogen) atoms. The van der Waals surface area contributed by atoms with Crippen LogP contribution in [0.1, 0.15) is 35.8 Å². The molecule has 0 aliphatic carbocycles.